The second kappa shape index (κ2) is 7.59. The highest BCUT2D eigenvalue weighted by atomic mass is 19.1. The third kappa shape index (κ3) is 4.75. The number of nitrogens with zero attached hydrogens (tertiary/aromatic N) is 2. The van der Waals surface area contributed by atoms with Gasteiger partial charge < -0.3 is 14.7 Å². The number of ether oxygens (including phenoxy) is 1. The lowest BCUT2D eigenvalue weighted by Gasteiger charge is -2.28. The SMILES string of the molecule is CN(CC(O)COC(C)(C)C)C1CCN(c2ccccc2F)C1=O. The van der Waals surface area contributed by atoms with Crippen molar-refractivity contribution in [2.45, 2.75) is 44.9 Å². The standard InChI is InChI=1S/C18H27FN2O3/c1-18(2,3)24-12-13(22)11-20(4)16-9-10-21(17(16)23)15-8-6-5-7-14(15)19/h5-8,13,16,22H,9-12H2,1-4H3. The van der Waals surface area contributed by atoms with Crippen molar-refractivity contribution in [3.63, 3.8) is 0 Å². The van der Waals surface area contributed by atoms with E-state index in [2.05, 4.69) is 0 Å². The van der Waals surface area contributed by atoms with Gasteiger partial charge in [-0.05, 0) is 46.4 Å². The maximum atomic E-state index is 13.9. The van der Waals surface area contributed by atoms with Crippen molar-refractivity contribution in [2.75, 3.05) is 31.6 Å². The van der Waals surface area contributed by atoms with Gasteiger partial charge >= 0.3 is 0 Å². The summed E-state index contributed by atoms with van der Waals surface area (Å²) in [5, 5.41) is 10.1. The van der Waals surface area contributed by atoms with Gasteiger partial charge in [0.15, 0.2) is 0 Å². The molecule has 1 N–H and O–H groups in total. The Bertz CT molecular complexity index is 574. The third-order valence-corrected chi connectivity index (χ3v) is 4.06. The monoisotopic (exact) mass is 338 g/mol. The normalized spacial score (nSPS) is 20.0. The first-order valence-electron chi connectivity index (χ1n) is 8.27. The predicted molar refractivity (Wildman–Crippen MR) is 91.5 cm³/mol. The lowest BCUT2D eigenvalue weighted by atomic mass is 10.2. The van der Waals surface area contributed by atoms with Gasteiger partial charge in [-0.15, -0.1) is 0 Å². The van der Waals surface area contributed by atoms with E-state index in [9.17, 15) is 14.3 Å². The quantitative estimate of drug-likeness (QED) is 0.862. The zero-order chi connectivity index (χ0) is 17.9. The van der Waals surface area contributed by atoms with Gasteiger partial charge in [-0.1, -0.05) is 12.1 Å². The van der Waals surface area contributed by atoms with E-state index >= 15 is 0 Å². The minimum Gasteiger partial charge on any atom is -0.389 e. The number of likely N-dealkylation sites (N-methyl/N-ethyl adjacent to an activating group) is 1. The molecule has 0 aromatic heterocycles. The summed E-state index contributed by atoms with van der Waals surface area (Å²) in [6.45, 7) is 6.80. The first kappa shape index (κ1) is 18.8. The highest BCUT2D eigenvalue weighted by molar-refractivity contribution is 5.99. The lowest BCUT2D eigenvalue weighted by Crippen LogP contribution is -2.44. The summed E-state index contributed by atoms with van der Waals surface area (Å²) in [5.74, 6) is -0.528. The van der Waals surface area contributed by atoms with Crippen LogP contribution in [-0.4, -0.2) is 60.4 Å². The summed E-state index contributed by atoms with van der Waals surface area (Å²) >= 11 is 0. The molecule has 1 heterocycles. The van der Waals surface area contributed by atoms with Gasteiger partial charge in [-0.2, -0.15) is 0 Å². The molecule has 24 heavy (non-hydrogen) atoms. The van der Waals surface area contributed by atoms with Crippen LogP contribution < -0.4 is 4.90 Å². The van der Waals surface area contributed by atoms with Crippen LogP contribution in [0, 0.1) is 5.82 Å². The number of anilines is 1. The van der Waals surface area contributed by atoms with E-state index in [1.807, 2.05) is 25.7 Å². The molecule has 1 amide bonds. The van der Waals surface area contributed by atoms with E-state index in [1.54, 1.807) is 25.2 Å². The smallest absolute Gasteiger partial charge is 0.244 e. The number of amides is 1. The molecule has 0 saturated carbocycles. The van der Waals surface area contributed by atoms with Gasteiger partial charge in [-0.25, -0.2) is 4.39 Å². The van der Waals surface area contributed by atoms with Crippen LogP contribution in [-0.2, 0) is 9.53 Å². The largest absolute Gasteiger partial charge is 0.389 e. The number of aliphatic hydroxyl groups is 1. The van der Waals surface area contributed by atoms with Crippen LogP contribution in [0.15, 0.2) is 24.3 Å². The van der Waals surface area contributed by atoms with Crippen molar-refractivity contribution in [1.82, 2.24) is 4.90 Å². The molecule has 2 atom stereocenters. The fraction of sp³-hybridized carbons (Fsp3) is 0.611. The fourth-order valence-electron chi connectivity index (χ4n) is 2.84. The van der Waals surface area contributed by atoms with Gasteiger partial charge in [0.1, 0.15) is 5.82 Å². The van der Waals surface area contributed by atoms with Crippen molar-refractivity contribution in [2.24, 2.45) is 0 Å². The zero-order valence-corrected chi connectivity index (χ0v) is 14.8. The molecule has 134 valence electrons. The van der Waals surface area contributed by atoms with Gasteiger partial charge in [0.2, 0.25) is 5.91 Å². The topological polar surface area (TPSA) is 53.0 Å². The minimum atomic E-state index is -0.676. The van der Waals surface area contributed by atoms with Crippen LogP contribution in [0.1, 0.15) is 27.2 Å². The number of halogens is 1. The van der Waals surface area contributed by atoms with Crippen LogP contribution in [0.2, 0.25) is 0 Å². The Morgan fingerprint density at radius 1 is 1.42 bits per heavy atom. The van der Waals surface area contributed by atoms with E-state index in [4.69, 9.17) is 4.74 Å². The summed E-state index contributed by atoms with van der Waals surface area (Å²) in [6.07, 6.45) is -0.0687. The molecule has 0 spiro atoms. The van der Waals surface area contributed by atoms with Crippen LogP contribution >= 0.6 is 0 Å². The highest BCUT2D eigenvalue weighted by Gasteiger charge is 2.36. The van der Waals surface area contributed by atoms with Gasteiger partial charge in [0.05, 0.1) is 30.0 Å². The van der Waals surface area contributed by atoms with E-state index in [-0.39, 0.29) is 24.2 Å². The predicted octanol–water partition coefficient (Wildman–Crippen LogP) is 2.04. The van der Waals surface area contributed by atoms with Crippen molar-refractivity contribution < 1.29 is 19.0 Å². The van der Waals surface area contributed by atoms with E-state index in [1.165, 1.54) is 11.0 Å². The number of rotatable bonds is 6. The lowest BCUT2D eigenvalue weighted by molar-refractivity contribution is -0.122. The van der Waals surface area contributed by atoms with Crippen molar-refractivity contribution in [3.8, 4) is 0 Å². The van der Waals surface area contributed by atoms with Gasteiger partial charge in [0, 0.05) is 13.1 Å². The van der Waals surface area contributed by atoms with Crippen LogP contribution in [0.4, 0.5) is 10.1 Å². The maximum Gasteiger partial charge on any atom is 0.244 e. The summed E-state index contributed by atoms with van der Waals surface area (Å²) in [6, 6.07) is 5.94. The Labute approximate surface area is 143 Å². The number of hydrogen-bond acceptors (Lipinski definition) is 4. The van der Waals surface area contributed by atoms with E-state index < -0.39 is 11.9 Å². The Hall–Kier alpha value is -1.50. The second-order valence-corrected chi connectivity index (χ2v) is 7.26. The molecule has 1 saturated heterocycles. The molecule has 1 aromatic rings. The zero-order valence-electron chi connectivity index (χ0n) is 14.8. The van der Waals surface area contributed by atoms with Crippen LogP contribution in [0.25, 0.3) is 0 Å². The molecule has 0 aliphatic carbocycles. The Kier molecular flexibility index (Phi) is 5.96. The number of aliphatic hydroxyl groups excluding tert-OH is 1. The number of carbonyl (C=O) groups is 1. The molecule has 1 aliphatic rings. The first-order valence-corrected chi connectivity index (χ1v) is 8.27. The Morgan fingerprint density at radius 3 is 2.71 bits per heavy atom. The second-order valence-electron chi connectivity index (χ2n) is 7.26. The van der Waals surface area contributed by atoms with Crippen LogP contribution in [0.3, 0.4) is 0 Å². The number of carbonyl (C=O) groups excluding carboxylic acids is 1. The molecule has 0 radical (unpaired) electrons. The highest BCUT2D eigenvalue weighted by Crippen LogP contribution is 2.26. The molecule has 2 rings (SSSR count). The van der Waals surface area contributed by atoms with E-state index in [0.717, 1.165) is 0 Å². The van der Waals surface area contributed by atoms with E-state index in [0.29, 0.717) is 25.2 Å². The number of hydrogen-bond donors (Lipinski definition) is 1. The first-order chi connectivity index (χ1) is 11.2. The molecule has 1 aliphatic heterocycles. The molecular formula is C18H27FN2O3. The third-order valence-electron chi connectivity index (χ3n) is 4.06. The summed E-state index contributed by atoms with van der Waals surface area (Å²) in [4.78, 5) is 15.9. The van der Waals surface area contributed by atoms with Crippen LogP contribution in [0.5, 0.6) is 0 Å². The average Bonchev–Trinajstić information content (AvgIpc) is 2.87. The number of benzene rings is 1. The fourth-order valence-corrected chi connectivity index (χ4v) is 2.84. The minimum absolute atomic E-state index is 0.133. The van der Waals surface area contributed by atoms with Gasteiger partial charge in [0.25, 0.3) is 0 Å². The van der Waals surface area contributed by atoms with Crippen molar-refractivity contribution in [1.29, 1.82) is 0 Å². The summed E-state index contributed by atoms with van der Waals surface area (Å²) in [5.41, 5.74) is -0.000286. The molecule has 2 unspecified atom stereocenters. The van der Waals surface area contributed by atoms with Gasteiger partial charge in [-0.3, -0.25) is 9.69 Å². The molecule has 1 aromatic carbocycles. The molecule has 1 fully saturated rings. The Balaban J connectivity index is 1.93. The maximum absolute atomic E-state index is 13.9. The molecule has 5 nitrogen and oxygen atoms in total. The summed E-state index contributed by atoms with van der Waals surface area (Å²) < 4.78 is 19.5. The molecule has 6 heteroatoms. The summed E-state index contributed by atoms with van der Waals surface area (Å²) in [7, 11) is 1.80. The van der Waals surface area contributed by atoms with Crippen molar-refractivity contribution in [3.05, 3.63) is 30.1 Å². The average molecular weight is 338 g/mol. The van der Waals surface area contributed by atoms with Crippen molar-refractivity contribution >= 4 is 11.6 Å². The molecule has 0 bridgehead atoms. The Morgan fingerprint density at radius 2 is 2.08 bits per heavy atom. The number of para-hydroxylation sites is 1. The molecular weight excluding hydrogens is 311 g/mol.